The van der Waals surface area contributed by atoms with E-state index < -0.39 is 15.8 Å². The van der Waals surface area contributed by atoms with Crippen molar-refractivity contribution in [1.29, 1.82) is 5.26 Å². The predicted octanol–water partition coefficient (Wildman–Crippen LogP) is 3.93. The molecule has 0 unspecified atom stereocenters. The average molecular weight is 406 g/mol. The van der Waals surface area contributed by atoms with Crippen LogP contribution in [0.2, 0.25) is 0 Å². The molecule has 1 aliphatic rings. The summed E-state index contributed by atoms with van der Waals surface area (Å²) >= 11 is 0. The summed E-state index contributed by atoms with van der Waals surface area (Å²) in [5.74, 6) is -1.21. The number of nitrogens with zero attached hydrogens (tertiary/aromatic N) is 1. The molecule has 0 aliphatic heterocycles. The van der Waals surface area contributed by atoms with Gasteiger partial charge < -0.3 is 10.1 Å². The summed E-state index contributed by atoms with van der Waals surface area (Å²) in [7, 11) is -3.81. The van der Waals surface area contributed by atoms with Gasteiger partial charge in [-0.2, -0.15) is 5.26 Å². The van der Waals surface area contributed by atoms with E-state index in [1.165, 1.54) is 0 Å². The van der Waals surface area contributed by atoms with Crippen molar-refractivity contribution in [1.82, 2.24) is 4.98 Å². The van der Waals surface area contributed by atoms with E-state index in [1.54, 1.807) is 48.5 Å². The molecule has 0 saturated heterocycles. The first-order chi connectivity index (χ1) is 13.8. The fourth-order valence-electron chi connectivity index (χ4n) is 3.64. The molecule has 0 radical (unpaired) electrons. The summed E-state index contributed by atoms with van der Waals surface area (Å²) in [5, 5.41) is 18.9. The SMILES string of the molecule is Cc1ccc(S(=O)(=O)c2[nH]c3ccc(C#N)cc3c2[C@@H]2C[C@H]2C=CC(=O)O)cc1. The van der Waals surface area contributed by atoms with Crippen molar-refractivity contribution in [3.63, 3.8) is 0 Å². The van der Waals surface area contributed by atoms with Gasteiger partial charge in [0.15, 0.2) is 0 Å². The standard InChI is InChI=1S/C22H18N2O4S/c1-13-2-6-16(7-3-13)29(27,28)22-21(17-11-15(17)5-9-20(25)26)18-10-14(12-23)4-8-19(18)24-22/h2-10,15,17,24H,11H2,1H3,(H,25,26)/t15-,17-/m1/s1. The Kier molecular flexibility index (Phi) is 4.52. The number of carbonyl (C=O) groups is 1. The van der Waals surface area contributed by atoms with Crippen LogP contribution in [0, 0.1) is 24.2 Å². The molecule has 1 saturated carbocycles. The van der Waals surface area contributed by atoms with Crippen molar-refractivity contribution in [2.75, 3.05) is 0 Å². The molecule has 7 heteroatoms. The summed E-state index contributed by atoms with van der Waals surface area (Å²) in [4.78, 5) is 14.1. The Hall–Kier alpha value is -3.37. The molecule has 0 amide bonds. The number of aryl methyl sites for hydroxylation is 1. The Labute approximate surface area is 168 Å². The molecular weight excluding hydrogens is 388 g/mol. The molecule has 3 aromatic rings. The first kappa shape index (κ1) is 19.0. The number of allylic oxidation sites excluding steroid dienone is 1. The van der Waals surface area contributed by atoms with E-state index in [1.807, 2.05) is 6.92 Å². The summed E-state index contributed by atoms with van der Waals surface area (Å²) < 4.78 is 26.8. The van der Waals surface area contributed by atoms with E-state index in [4.69, 9.17) is 5.11 Å². The molecule has 2 aromatic carbocycles. The van der Waals surface area contributed by atoms with Crippen molar-refractivity contribution in [2.24, 2.45) is 5.92 Å². The number of benzene rings is 2. The van der Waals surface area contributed by atoms with Gasteiger partial charge in [-0.25, -0.2) is 13.2 Å². The molecule has 4 rings (SSSR count). The average Bonchev–Trinajstić information content (AvgIpc) is 3.36. The minimum atomic E-state index is -3.81. The number of fused-ring (bicyclic) bond motifs is 1. The number of nitrogens with one attached hydrogen (secondary N) is 1. The summed E-state index contributed by atoms with van der Waals surface area (Å²) in [5.41, 5.74) is 2.66. The maximum Gasteiger partial charge on any atom is 0.327 e. The molecule has 6 nitrogen and oxygen atoms in total. The van der Waals surface area contributed by atoms with Crippen LogP contribution in [0.25, 0.3) is 10.9 Å². The van der Waals surface area contributed by atoms with E-state index >= 15 is 0 Å². The molecule has 1 heterocycles. The molecule has 0 spiro atoms. The van der Waals surface area contributed by atoms with Gasteiger partial charge in [-0.15, -0.1) is 0 Å². The Morgan fingerprint density at radius 3 is 2.62 bits per heavy atom. The molecule has 0 bridgehead atoms. The van der Waals surface area contributed by atoms with Crippen LogP contribution in [0.15, 0.2) is 64.5 Å². The van der Waals surface area contributed by atoms with Crippen LogP contribution in [-0.4, -0.2) is 24.5 Å². The van der Waals surface area contributed by atoms with Gasteiger partial charge in [0.05, 0.1) is 16.5 Å². The number of aromatic nitrogens is 1. The van der Waals surface area contributed by atoms with Gasteiger partial charge >= 0.3 is 5.97 Å². The smallest absolute Gasteiger partial charge is 0.327 e. The van der Waals surface area contributed by atoms with Crippen LogP contribution in [0.5, 0.6) is 0 Å². The Bertz CT molecular complexity index is 1300. The molecule has 1 fully saturated rings. The van der Waals surface area contributed by atoms with Crippen molar-refractivity contribution in [2.45, 2.75) is 29.2 Å². The highest BCUT2D eigenvalue weighted by Crippen LogP contribution is 2.53. The van der Waals surface area contributed by atoms with Crippen LogP contribution < -0.4 is 0 Å². The number of H-pyrrole nitrogens is 1. The second-order valence-electron chi connectivity index (χ2n) is 7.26. The van der Waals surface area contributed by atoms with E-state index in [0.29, 0.717) is 28.5 Å². The first-order valence-electron chi connectivity index (χ1n) is 9.10. The van der Waals surface area contributed by atoms with Gasteiger partial charge in [0.25, 0.3) is 0 Å². The number of rotatable bonds is 5. The van der Waals surface area contributed by atoms with E-state index in [9.17, 15) is 18.5 Å². The van der Waals surface area contributed by atoms with Crippen LogP contribution in [-0.2, 0) is 14.6 Å². The maximum atomic E-state index is 13.4. The molecule has 1 aromatic heterocycles. The predicted molar refractivity (Wildman–Crippen MR) is 107 cm³/mol. The van der Waals surface area contributed by atoms with Crippen molar-refractivity contribution in [3.05, 3.63) is 71.3 Å². The topological polar surface area (TPSA) is 111 Å². The van der Waals surface area contributed by atoms with Gasteiger partial charge in [-0.3, -0.25) is 0 Å². The second kappa shape index (κ2) is 6.90. The fraction of sp³-hybridized carbons (Fsp3) is 0.182. The fourth-order valence-corrected chi connectivity index (χ4v) is 5.16. The zero-order valence-electron chi connectivity index (χ0n) is 15.6. The van der Waals surface area contributed by atoms with E-state index in [-0.39, 0.29) is 21.8 Å². The van der Waals surface area contributed by atoms with Crippen LogP contribution in [0.1, 0.15) is 29.0 Å². The number of carboxylic acids is 1. The van der Waals surface area contributed by atoms with Gasteiger partial charge in [0.2, 0.25) is 9.84 Å². The number of aromatic amines is 1. The molecular formula is C22H18N2O4S. The number of nitriles is 1. The lowest BCUT2D eigenvalue weighted by Crippen LogP contribution is -2.05. The van der Waals surface area contributed by atoms with Gasteiger partial charge in [0.1, 0.15) is 5.03 Å². The van der Waals surface area contributed by atoms with E-state index in [2.05, 4.69) is 11.1 Å². The molecule has 29 heavy (non-hydrogen) atoms. The first-order valence-corrected chi connectivity index (χ1v) is 10.6. The van der Waals surface area contributed by atoms with Crippen LogP contribution >= 0.6 is 0 Å². The third-order valence-corrected chi connectivity index (χ3v) is 6.98. The maximum absolute atomic E-state index is 13.4. The monoisotopic (exact) mass is 406 g/mol. The quantitative estimate of drug-likeness (QED) is 0.624. The van der Waals surface area contributed by atoms with Crippen LogP contribution in [0.3, 0.4) is 0 Å². The number of carboxylic acid groups (broad SMARTS) is 1. The largest absolute Gasteiger partial charge is 0.478 e. The van der Waals surface area contributed by atoms with Gasteiger partial charge in [0, 0.05) is 22.5 Å². The van der Waals surface area contributed by atoms with Crippen LogP contribution in [0.4, 0.5) is 0 Å². The molecule has 146 valence electrons. The Balaban J connectivity index is 1.89. The zero-order valence-corrected chi connectivity index (χ0v) is 16.4. The zero-order chi connectivity index (χ0) is 20.8. The highest BCUT2D eigenvalue weighted by Gasteiger charge is 2.42. The van der Waals surface area contributed by atoms with Gasteiger partial charge in [-0.05, 0) is 55.5 Å². The lowest BCUT2D eigenvalue weighted by molar-refractivity contribution is -0.131. The number of aliphatic carboxylic acids is 1. The highest BCUT2D eigenvalue weighted by molar-refractivity contribution is 7.91. The van der Waals surface area contributed by atoms with Crippen molar-refractivity contribution in [3.8, 4) is 6.07 Å². The minimum Gasteiger partial charge on any atom is -0.478 e. The molecule has 2 atom stereocenters. The van der Waals surface area contributed by atoms with Crippen molar-refractivity contribution >= 4 is 26.7 Å². The van der Waals surface area contributed by atoms with Gasteiger partial charge in [-0.1, -0.05) is 23.8 Å². The summed E-state index contributed by atoms with van der Waals surface area (Å²) in [6, 6.07) is 13.8. The second-order valence-corrected chi connectivity index (χ2v) is 9.15. The minimum absolute atomic E-state index is 0.0530. The summed E-state index contributed by atoms with van der Waals surface area (Å²) in [6.07, 6.45) is 3.35. The normalized spacial score (nSPS) is 18.8. The Morgan fingerprint density at radius 1 is 1.24 bits per heavy atom. The highest BCUT2D eigenvalue weighted by atomic mass is 32.2. The number of hydrogen-bond donors (Lipinski definition) is 2. The number of sulfone groups is 1. The summed E-state index contributed by atoms with van der Waals surface area (Å²) in [6.45, 7) is 1.89. The number of hydrogen-bond acceptors (Lipinski definition) is 4. The molecule has 1 aliphatic carbocycles. The third-order valence-electron chi connectivity index (χ3n) is 5.23. The third kappa shape index (κ3) is 3.43. The molecule has 2 N–H and O–H groups in total. The lowest BCUT2D eigenvalue weighted by atomic mass is 10.1. The van der Waals surface area contributed by atoms with E-state index in [0.717, 1.165) is 11.6 Å². The van der Waals surface area contributed by atoms with Crippen molar-refractivity contribution < 1.29 is 18.3 Å². The lowest BCUT2D eigenvalue weighted by Gasteiger charge is -2.07. The Morgan fingerprint density at radius 2 is 1.97 bits per heavy atom.